The number of carbonyl (C=O) groups is 1. The van der Waals surface area contributed by atoms with Crippen molar-refractivity contribution in [2.24, 2.45) is 11.7 Å². The lowest BCUT2D eigenvalue weighted by molar-refractivity contribution is -0.125. The minimum atomic E-state index is 0.0657. The molecule has 1 aliphatic heterocycles. The van der Waals surface area contributed by atoms with Crippen molar-refractivity contribution in [1.29, 1.82) is 0 Å². The average molecular weight is 211 g/mol. The molecule has 4 nitrogen and oxygen atoms in total. The Morgan fingerprint density at radius 3 is 2.73 bits per heavy atom. The molecule has 3 N–H and O–H groups in total. The van der Waals surface area contributed by atoms with Crippen LogP contribution in [0.15, 0.2) is 0 Å². The third-order valence-corrected chi connectivity index (χ3v) is 3.64. The number of hydrogen-bond acceptors (Lipinski definition) is 3. The van der Waals surface area contributed by atoms with Crippen molar-refractivity contribution >= 4 is 5.91 Å². The molecular weight excluding hydrogens is 190 g/mol. The van der Waals surface area contributed by atoms with Gasteiger partial charge in [0.1, 0.15) is 0 Å². The maximum Gasteiger partial charge on any atom is 0.224 e. The van der Waals surface area contributed by atoms with Crippen LogP contribution in [0, 0.1) is 5.92 Å². The van der Waals surface area contributed by atoms with E-state index >= 15 is 0 Å². The lowest BCUT2D eigenvalue weighted by Gasteiger charge is -2.19. The van der Waals surface area contributed by atoms with Crippen LogP contribution in [0.1, 0.15) is 25.7 Å². The molecule has 1 aliphatic carbocycles. The van der Waals surface area contributed by atoms with Crippen molar-refractivity contribution in [3.05, 3.63) is 0 Å². The fraction of sp³-hybridized carbons (Fsp3) is 0.909. The molecule has 0 bridgehead atoms. The molecule has 86 valence electrons. The topological polar surface area (TPSA) is 58.4 Å². The SMILES string of the molecule is CN1CCC(NC(=O)C2CCCC2N)C1. The van der Waals surface area contributed by atoms with E-state index in [1.807, 2.05) is 0 Å². The van der Waals surface area contributed by atoms with E-state index in [0.717, 1.165) is 38.8 Å². The maximum absolute atomic E-state index is 11.9. The Balaban J connectivity index is 1.81. The van der Waals surface area contributed by atoms with Crippen LogP contribution < -0.4 is 11.1 Å². The molecule has 0 radical (unpaired) electrons. The van der Waals surface area contributed by atoms with Crippen molar-refractivity contribution in [3.8, 4) is 0 Å². The quantitative estimate of drug-likeness (QED) is 0.672. The molecule has 3 atom stereocenters. The molecule has 1 saturated heterocycles. The first-order valence-electron chi connectivity index (χ1n) is 5.91. The van der Waals surface area contributed by atoms with Crippen LogP contribution >= 0.6 is 0 Å². The van der Waals surface area contributed by atoms with Gasteiger partial charge in [-0.3, -0.25) is 4.79 Å². The first kappa shape index (κ1) is 10.9. The van der Waals surface area contributed by atoms with Gasteiger partial charge in [-0.1, -0.05) is 6.42 Å². The number of nitrogens with one attached hydrogen (secondary N) is 1. The Morgan fingerprint density at radius 1 is 1.40 bits per heavy atom. The molecule has 0 aromatic carbocycles. The summed E-state index contributed by atoms with van der Waals surface area (Å²) in [7, 11) is 2.09. The molecule has 2 fully saturated rings. The third-order valence-electron chi connectivity index (χ3n) is 3.64. The summed E-state index contributed by atoms with van der Waals surface area (Å²) in [6.07, 6.45) is 4.15. The van der Waals surface area contributed by atoms with Gasteiger partial charge in [0.15, 0.2) is 0 Å². The number of likely N-dealkylation sites (tertiary alicyclic amines) is 1. The minimum Gasteiger partial charge on any atom is -0.352 e. The van der Waals surface area contributed by atoms with E-state index < -0.39 is 0 Å². The summed E-state index contributed by atoms with van der Waals surface area (Å²) in [6.45, 7) is 2.06. The highest BCUT2D eigenvalue weighted by Crippen LogP contribution is 2.24. The van der Waals surface area contributed by atoms with Crippen LogP contribution in [-0.4, -0.2) is 43.0 Å². The summed E-state index contributed by atoms with van der Waals surface area (Å²) in [5.41, 5.74) is 5.91. The Morgan fingerprint density at radius 2 is 2.20 bits per heavy atom. The van der Waals surface area contributed by atoms with Crippen LogP contribution in [0.2, 0.25) is 0 Å². The van der Waals surface area contributed by atoms with Crippen LogP contribution in [-0.2, 0) is 4.79 Å². The molecule has 1 amide bonds. The second-order valence-corrected chi connectivity index (χ2v) is 4.96. The second-order valence-electron chi connectivity index (χ2n) is 4.96. The summed E-state index contributed by atoms with van der Waals surface area (Å²) < 4.78 is 0. The number of amides is 1. The molecule has 2 rings (SSSR count). The van der Waals surface area contributed by atoms with Gasteiger partial charge in [0.25, 0.3) is 0 Å². The van der Waals surface area contributed by atoms with Crippen molar-refractivity contribution in [2.45, 2.75) is 37.8 Å². The molecule has 0 aromatic heterocycles. The summed E-state index contributed by atoms with van der Waals surface area (Å²) in [5, 5.41) is 3.12. The zero-order valence-corrected chi connectivity index (χ0v) is 9.41. The average Bonchev–Trinajstić information content (AvgIpc) is 2.75. The Kier molecular flexibility index (Phi) is 3.26. The first-order chi connectivity index (χ1) is 7.16. The molecule has 0 spiro atoms. The normalized spacial score (nSPS) is 37.1. The van der Waals surface area contributed by atoms with E-state index in [2.05, 4.69) is 17.3 Å². The number of hydrogen-bond donors (Lipinski definition) is 2. The second kappa shape index (κ2) is 4.49. The van der Waals surface area contributed by atoms with Gasteiger partial charge in [-0.2, -0.15) is 0 Å². The summed E-state index contributed by atoms with van der Waals surface area (Å²) in [5.74, 6) is 0.246. The molecule has 4 heteroatoms. The highest BCUT2D eigenvalue weighted by Gasteiger charge is 2.32. The van der Waals surface area contributed by atoms with Crippen molar-refractivity contribution in [1.82, 2.24) is 10.2 Å². The number of likely N-dealkylation sites (N-methyl/N-ethyl adjacent to an activating group) is 1. The van der Waals surface area contributed by atoms with E-state index in [1.165, 1.54) is 0 Å². The van der Waals surface area contributed by atoms with E-state index in [4.69, 9.17) is 5.73 Å². The monoisotopic (exact) mass is 211 g/mol. The maximum atomic E-state index is 11.9. The van der Waals surface area contributed by atoms with Gasteiger partial charge in [0.05, 0.1) is 5.92 Å². The van der Waals surface area contributed by atoms with E-state index in [0.29, 0.717) is 6.04 Å². The van der Waals surface area contributed by atoms with Crippen LogP contribution in [0.4, 0.5) is 0 Å². The molecule has 15 heavy (non-hydrogen) atoms. The van der Waals surface area contributed by atoms with Crippen molar-refractivity contribution in [3.63, 3.8) is 0 Å². The predicted molar refractivity (Wildman–Crippen MR) is 59.4 cm³/mol. The van der Waals surface area contributed by atoms with Gasteiger partial charge >= 0.3 is 0 Å². The number of nitrogens with zero attached hydrogens (tertiary/aromatic N) is 1. The van der Waals surface area contributed by atoms with E-state index in [9.17, 15) is 4.79 Å². The zero-order valence-electron chi connectivity index (χ0n) is 9.41. The fourth-order valence-electron chi connectivity index (χ4n) is 2.68. The minimum absolute atomic E-state index is 0.0657. The standard InChI is InChI=1S/C11H21N3O/c1-14-6-5-8(7-14)13-11(15)9-3-2-4-10(9)12/h8-10H,2-7,12H2,1H3,(H,13,15). The van der Waals surface area contributed by atoms with E-state index in [-0.39, 0.29) is 17.9 Å². The smallest absolute Gasteiger partial charge is 0.224 e. The van der Waals surface area contributed by atoms with Gasteiger partial charge in [-0.25, -0.2) is 0 Å². The number of rotatable bonds is 2. The van der Waals surface area contributed by atoms with Gasteiger partial charge in [0, 0.05) is 18.6 Å². The number of carbonyl (C=O) groups excluding carboxylic acids is 1. The molecular formula is C11H21N3O. The summed E-state index contributed by atoms with van der Waals surface area (Å²) in [4.78, 5) is 14.2. The molecule has 2 aliphatic rings. The largest absolute Gasteiger partial charge is 0.352 e. The Bertz CT molecular complexity index is 244. The highest BCUT2D eigenvalue weighted by atomic mass is 16.2. The summed E-state index contributed by atoms with van der Waals surface area (Å²) >= 11 is 0. The Hall–Kier alpha value is -0.610. The van der Waals surface area contributed by atoms with Crippen LogP contribution in [0.5, 0.6) is 0 Å². The van der Waals surface area contributed by atoms with Gasteiger partial charge in [-0.15, -0.1) is 0 Å². The van der Waals surface area contributed by atoms with Gasteiger partial charge in [-0.05, 0) is 32.9 Å². The zero-order chi connectivity index (χ0) is 10.8. The lowest BCUT2D eigenvalue weighted by atomic mass is 10.0. The van der Waals surface area contributed by atoms with Crippen molar-refractivity contribution in [2.75, 3.05) is 20.1 Å². The Labute approximate surface area is 91.2 Å². The van der Waals surface area contributed by atoms with Gasteiger partial charge < -0.3 is 16.0 Å². The molecule has 3 unspecified atom stereocenters. The summed E-state index contributed by atoms with van der Waals surface area (Å²) in [6, 6.07) is 0.430. The lowest BCUT2D eigenvalue weighted by Crippen LogP contribution is -2.44. The first-order valence-corrected chi connectivity index (χ1v) is 5.91. The van der Waals surface area contributed by atoms with Crippen LogP contribution in [0.25, 0.3) is 0 Å². The fourth-order valence-corrected chi connectivity index (χ4v) is 2.68. The molecule has 0 aromatic rings. The highest BCUT2D eigenvalue weighted by molar-refractivity contribution is 5.80. The van der Waals surface area contributed by atoms with E-state index in [1.54, 1.807) is 0 Å². The number of nitrogens with two attached hydrogens (primary N) is 1. The van der Waals surface area contributed by atoms with Gasteiger partial charge in [0.2, 0.25) is 5.91 Å². The predicted octanol–water partition coefficient (Wildman–Crippen LogP) is -0.0659. The molecule has 1 saturated carbocycles. The van der Waals surface area contributed by atoms with Crippen LogP contribution in [0.3, 0.4) is 0 Å². The molecule has 1 heterocycles. The third kappa shape index (κ3) is 2.49. The van der Waals surface area contributed by atoms with Crippen molar-refractivity contribution < 1.29 is 4.79 Å².